The van der Waals surface area contributed by atoms with Gasteiger partial charge in [0.2, 0.25) is 0 Å². The van der Waals surface area contributed by atoms with Crippen LogP contribution in [0.15, 0.2) is 24.8 Å². The largest absolute Gasteiger partial charge is 0.356 e. The Hall–Kier alpha value is -1.91. The maximum absolute atomic E-state index is 4.35. The Kier molecular flexibility index (Phi) is 3.19. The number of aromatic nitrogens is 4. The maximum Gasteiger partial charge on any atom is 0.132 e. The highest BCUT2D eigenvalue weighted by molar-refractivity contribution is 5.41. The summed E-state index contributed by atoms with van der Waals surface area (Å²) in [5, 5.41) is 0. The molecule has 2 aromatic heterocycles. The van der Waals surface area contributed by atoms with E-state index in [-0.39, 0.29) is 0 Å². The number of nitrogens with zero attached hydrogens (tertiary/aromatic N) is 5. The molecule has 0 saturated carbocycles. The SMILES string of the molecule is CCc1cc(N2CC(Cn3ccnc3C)C2)ncn1. The molecular formula is C14H19N5. The van der Waals surface area contributed by atoms with Gasteiger partial charge in [0.05, 0.1) is 0 Å². The van der Waals surface area contributed by atoms with Gasteiger partial charge >= 0.3 is 0 Å². The van der Waals surface area contributed by atoms with Gasteiger partial charge in [-0.2, -0.15) is 0 Å². The zero-order chi connectivity index (χ0) is 13.2. The van der Waals surface area contributed by atoms with Crippen LogP contribution in [-0.4, -0.2) is 32.6 Å². The average molecular weight is 257 g/mol. The molecule has 0 atom stereocenters. The second-order valence-corrected chi connectivity index (χ2v) is 5.12. The Morgan fingerprint density at radius 1 is 1.26 bits per heavy atom. The molecule has 3 rings (SSSR count). The van der Waals surface area contributed by atoms with Gasteiger partial charge in [0.15, 0.2) is 0 Å². The van der Waals surface area contributed by atoms with E-state index >= 15 is 0 Å². The average Bonchev–Trinajstić information content (AvgIpc) is 2.79. The Bertz CT molecular complexity index is 556. The van der Waals surface area contributed by atoms with Crippen LogP contribution in [0.4, 0.5) is 5.82 Å². The molecule has 5 heteroatoms. The van der Waals surface area contributed by atoms with Gasteiger partial charge in [0.25, 0.3) is 0 Å². The first-order chi connectivity index (χ1) is 9.26. The normalized spacial score (nSPS) is 15.6. The Morgan fingerprint density at radius 3 is 2.79 bits per heavy atom. The molecule has 1 saturated heterocycles. The molecule has 0 N–H and O–H groups in total. The van der Waals surface area contributed by atoms with Gasteiger partial charge in [0.1, 0.15) is 18.0 Å². The van der Waals surface area contributed by atoms with Gasteiger partial charge < -0.3 is 9.47 Å². The molecule has 0 unspecified atom stereocenters. The summed E-state index contributed by atoms with van der Waals surface area (Å²) in [6, 6.07) is 2.10. The lowest BCUT2D eigenvalue weighted by Gasteiger charge is -2.40. The number of anilines is 1. The topological polar surface area (TPSA) is 46.8 Å². The molecule has 1 aliphatic rings. The highest BCUT2D eigenvalue weighted by Crippen LogP contribution is 2.24. The highest BCUT2D eigenvalue weighted by atomic mass is 15.3. The third-order valence-corrected chi connectivity index (χ3v) is 3.73. The first kappa shape index (κ1) is 12.1. The molecule has 0 aromatic carbocycles. The Balaban J connectivity index is 1.59. The number of aryl methyl sites for hydroxylation is 2. The van der Waals surface area contributed by atoms with E-state index in [1.54, 1.807) is 6.33 Å². The molecule has 0 spiro atoms. The van der Waals surface area contributed by atoms with E-state index in [2.05, 4.69) is 43.6 Å². The summed E-state index contributed by atoms with van der Waals surface area (Å²) in [7, 11) is 0. The fourth-order valence-corrected chi connectivity index (χ4v) is 2.50. The van der Waals surface area contributed by atoms with Gasteiger partial charge in [-0.3, -0.25) is 0 Å². The Morgan fingerprint density at radius 2 is 2.11 bits per heavy atom. The first-order valence-corrected chi connectivity index (χ1v) is 6.80. The van der Waals surface area contributed by atoms with Crippen molar-refractivity contribution < 1.29 is 0 Å². The molecule has 3 heterocycles. The van der Waals surface area contributed by atoms with Crippen LogP contribution in [0.25, 0.3) is 0 Å². The second kappa shape index (κ2) is 4.99. The van der Waals surface area contributed by atoms with E-state index in [1.165, 1.54) is 0 Å². The third kappa shape index (κ3) is 2.45. The molecule has 2 aromatic rings. The number of imidazole rings is 1. The third-order valence-electron chi connectivity index (χ3n) is 3.73. The summed E-state index contributed by atoms with van der Waals surface area (Å²) in [4.78, 5) is 15.2. The van der Waals surface area contributed by atoms with Crippen LogP contribution in [0.1, 0.15) is 18.4 Å². The maximum atomic E-state index is 4.35. The number of hydrogen-bond donors (Lipinski definition) is 0. The molecule has 1 fully saturated rings. The smallest absolute Gasteiger partial charge is 0.132 e. The minimum absolute atomic E-state index is 0.688. The van der Waals surface area contributed by atoms with Gasteiger partial charge in [-0.1, -0.05) is 6.92 Å². The molecule has 0 bridgehead atoms. The van der Waals surface area contributed by atoms with Crippen molar-refractivity contribution in [2.75, 3.05) is 18.0 Å². The van der Waals surface area contributed by atoms with Gasteiger partial charge in [-0.05, 0) is 13.3 Å². The summed E-state index contributed by atoms with van der Waals surface area (Å²) in [6.45, 7) is 7.35. The minimum Gasteiger partial charge on any atom is -0.356 e. The zero-order valence-corrected chi connectivity index (χ0v) is 11.5. The molecule has 19 heavy (non-hydrogen) atoms. The fraction of sp³-hybridized carbons (Fsp3) is 0.500. The van der Waals surface area contributed by atoms with E-state index in [1.807, 2.05) is 13.1 Å². The summed E-state index contributed by atoms with van der Waals surface area (Å²) < 4.78 is 2.22. The van der Waals surface area contributed by atoms with Crippen LogP contribution in [-0.2, 0) is 13.0 Å². The summed E-state index contributed by atoms with van der Waals surface area (Å²) in [5.74, 6) is 2.84. The lowest BCUT2D eigenvalue weighted by Crippen LogP contribution is -2.49. The van der Waals surface area contributed by atoms with Crippen molar-refractivity contribution in [2.45, 2.75) is 26.8 Å². The molecule has 0 radical (unpaired) electrons. The van der Waals surface area contributed by atoms with Crippen molar-refractivity contribution >= 4 is 5.82 Å². The van der Waals surface area contributed by atoms with E-state index in [0.717, 1.165) is 43.4 Å². The van der Waals surface area contributed by atoms with Crippen LogP contribution in [0.5, 0.6) is 0 Å². The van der Waals surface area contributed by atoms with Crippen LogP contribution in [0.3, 0.4) is 0 Å². The summed E-state index contributed by atoms with van der Waals surface area (Å²) in [6.07, 6.45) is 6.55. The predicted octanol–water partition coefficient (Wildman–Crippen LogP) is 1.68. The van der Waals surface area contributed by atoms with E-state index in [4.69, 9.17) is 0 Å². The van der Waals surface area contributed by atoms with E-state index < -0.39 is 0 Å². The monoisotopic (exact) mass is 257 g/mol. The minimum atomic E-state index is 0.688. The lowest BCUT2D eigenvalue weighted by molar-refractivity contribution is 0.352. The Labute approximate surface area is 113 Å². The van der Waals surface area contributed by atoms with Crippen molar-refractivity contribution in [1.29, 1.82) is 0 Å². The van der Waals surface area contributed by atoms with Gasteiger partial charge in [-0.15, -0.1) is 0 Å². The van der Waals surface area contributed by atoms with Crippen molar-refractivity contribution in [3.8, 4) is 0 Å². The van der Waals surface area contributed by atoms with Gasteiger partial charge in [0, 0.05) is 49.7 Å². The van der Waals surface area contributed by atoms with Crippen molar-refractivity contribution in [2.24, 2.45) is 5.92 Å². The molecule has 1 aliphatic heterocycles. The summed E-state index contributed by atoms with van der Waals surface area (Å²) >= 11 is 0. The lowest BCUT2D eigenvalue weighted by atomic mass is 10.00. The van der Waals surface area contributed by atoms with E-state index in [9.17, 15) is 0 Å². The van der Waals surface area contributed by atoms with Crippen molar-refractivity contribution in [1.82, 2.24) is 19.5 Å². The second-order valence-electron chi connectivity index (χ2n) is 5.12. The van der Waals surface area contributed by atoms with Gasteiger partial charge in [-0.25, -0.2) is 15.0 Å². The van der Waals surface area contributed by atoms with Crippen LogP contribution in [0, 0.1) is 12.8 Å². The fourth-order valence-electron chi connectivity index (χ4n) is 2.50. The molecule has 5 nitrogen and oxygen atoms in total. The quantitative estimate of drug-likeness (QED) is 0.836. The standard InChI is InChI=1S/C14H19N5/c1-3-13-6-14(17-10-16-13)19-8-12(9-19)7-18-5-4-15-11(18)2/h4-6,10,12H,3,7-9H2,1-2H3. The molecular weight excluding hydrogens is 238 g/mol. The zero-order valence-electron chi connectivity index (χ0n) is 11.5. The van der Waals surface area contributed by atoms with E-state index in [0.29, 0.717) is 5.92 Å². The van der Waals surface area contributed by atoms with Crippen molar-refractivity contribution in [3.63, 3.8) is 0 Å². The van der Waals surface area contributed by atoms with Crippen LogP contribution in [0.2, 0.25) is 0 Å². The first-order valence-electron chi connectivity index (χ1n) is 6.80. The van der Waals surface area contributed by atoms with Crippen LogP contribution < -0.4 is 4.90 Å². The summed E-state index contributed by atoms with van der Waals surface area (Å²) in [5.41, 5.74) is 1.11. The molecule has 0 aliphatic carbocycles. The number of rotatable bonds is 4. The highest BCUT2D eigenvalue weighted by Gasteiger charge is 2.28. The number of hydrogen-bond acceptors (Lipinski definition) is 4. The molecule has 100 valence electrons. The van der Waals surface area contributed by atoms with Crippen molar-refractivity contribution in [3.05, 3.63) is 36.3 Å². The molecule has 0 amide bonds. The predicted molar refractivity (Wildman–Crippen MR) is 74.1 cm³/mol. The van der Waals surface area contributed by atoms with Crippen LogP contribution >= 0.6 is 0 Å².